The van der Waals surface area contributed by atoms with E-state index in [0.717, 1.165) is 54.4 Å². The van der Waals surface area contributed by atoms with Crippen molar-refractivity contribution in [3.8, 4) is 11.4 Å². The molecule has 1 aliphatic rings. The predicted octanol–water partition coefficient (Wildman–Crippen LogP) is 2.46. The smallest absolute Gasteiger partial charge is 0.148 e. The Morgan fingerprint density at radius 3 is 2.55 bits per heavy atom. The summed E-state index contributed by atoms with van der Waals surface area (Å²) in [6.45, 7) is 3.77. The van der Waals surface area contributed by atoms with Gasteiger partial charge in [-0.05, 0) is 18.2 Å². The predicted molar refractivity (Wildman–Crippen MR) is 117 cm³/mol. The van der Waals surface area contributed by atoms with E-state index in [2.05, 4.69) is 14.8 Å². The van der Waals surface area contributed by atoms with Crippen LogP contribution in [0.15, 0.2) is 36.5 Å². The monoisotopic (exact) mass is 433 g/mol. The topological polar surface area (TPSA) is 71.3 Å². The van der Waals surface area contributed by atoms with Crippen LogP contribution in [0.2, 0.25) is 5.02 Å². The molecule has 0 aliphatic carbocycles. The third kappa shape index (κ3) is 4.39. The van der Waals surface area contributed by atoms with E-state index < -0.39 is 9.84 Å². The van der Waals surface area contributed by atoms with Gasteiger partial charge in [0, 0.05) is 57.8 Å². The number of hydrogen-bond donors (Lipinski definition) is 0. The maximum absolute atomic E-state index is 11.4. The van der Waals surface area contributed by atoms with Gasteiger partial charge in [-0.2, -0.15) is 0 Å². The fraction of sp³-hybridized carbons (Fsp3) is 0.400. The van der Waals surface area contributed by atoms with Crippen molar-refractivity contribution in [2.75, 3.05) is 49.6 Å². The standard InChI is InChI=1S/C20H24ClN5O2S/c1-24-18-6-4-3-5-17(18)23-20(24)15-13-19(22-14-16(15)21)26-9-7-25(8-10-26)11-12-29(2,27)28/h3-6,13-14H,7-12H2,1-2H3. The van der Waals surface area contributed by atoms with Crippen LogP contribution in [-0.4, -0.2) is 72.6 Å². The van der Waals surface area contributed by atoms with Crippen LogP contribution in [0.3, 0.4) is 0 Å². The molecule has 2 aromatic heterocycles. The Balaban J connectivity index is 1.54. The van der Waals surface area contributed by atoms with Crippen molar-refractivity contribution < 1.29 is 8.42 Å². The van der Waals surface area contributed by atoms with Gasteiger partial charge in [0.2, 0.25) is 0 Å². The first-order valence-corrected chi connectivity index (χ1v) is 12.0. The summed E-state index contributed by atoms with van der Waals surface area (Å²) in [5.74, 6) is 1.87. The average Bonchev–Trinajstić information content (AvgIpc) is 3.03. The number of pyridine rings is 1. The molecule has 9 heteroatoms. The van der Waals surface area contributed by atoms with Crippen LogP contribution < -0.4 is 4.90 Å². The first-order chi connectivity index (χ1) is 13.8. The van der Waals surface area contributed by atoms with Crippen molar-refractivity contribution in [2.45, 2.75) is 0 Å². The van der Waals surface area contributed by atoms with Gasteiger partial charge in [0.25, 0.3) is 0 Å². The largest absolute Gasteiger partial charge is 0.354 e. The average molecular weight is 434 g/mol. The highest BCUT2D eigenvalue weighted by molar-refractivity contribution is 7.90. The second-order valence-corrected chi connectivity index (χ2v) is 10.1. The molecule has 1 fully saturated rings. The van der Waals surface area contributed by atoms with Crippen molar-refractivity contribution in [3.63, 3.8) is 0 Å². The summed E-state index contributed by atoms with van der Waals surface area (Å²) in [7, 11) is -0.949. The highest BCUT2D eigenvalue weighted by Crippen LogP contribution is 2.31. The van der Waals surface area contributed by atoms with E-state index in [1.165, 1.54) is 6.26 Å². The summed E-state index contributed by atoms with van der Waals surface area (Å²) < 4.78 is 24.8. The Bertz CT molecular complexity index is 1140. The minimum atomic E-state index is -2.94. The molecule has 0 saturated carbocycles. The van der Waals surface area contributed by atoms with Crippen molar-refractivity contribution in [2.24, 2.45) is 7.05 Å². The molecule has 154 valence electrons. The number of para-hydroxylation sites is 2. The molecule has 7 nitrogen and oxygen atoms in total. The van der Waals surface area contributed by atoms with Crippen molar-refractivity contribution >= 4 is 38.3 Å². The van der Waals surface area contributed by atoms with Gasteiger partial charge in [-0.25, -0.2) is 18.4 Å². The van der Waals surface area contributed by atoms with Crippen LogP contribution >= 0.6 is 11.6 Å². The van der Waals surface area contributed by atoms with E-state index in [0.29, 0.717) is 11.6 Å². The quantitative estimate of drug-likeness (QED) is 0.615. The van der Waals surface area contributed by atoms with Gasteiger partial charge in [0.1, 0.15) is 21.5 Å². The molecule has 3 aromatic rings. The highest BCUT2D eigenvalue weighted by Gasteiger charge is 2.21. The number of piperazine rings is 1. The van der Waals surface area contributed by atoms with E-state index in [-0.39, 0.29) is 5.75 Å². The summed E-state index contributed by atoms with van der Waals surface area (Å²) in [5, 5.41) is 0.568. The van der Waals surface area contributed by atoms with Crippen LogP contribution in [0.4, 0.5) is 5.82 Å². The number of benzene rings is 1. The number of imidazole rings is 1. The molecular formula is C20H24ClN5O2S. The van der Waals surface area contributed by atoms with E-state index in [4.69, 9.17) is 16.6 Å². The lowest BCUT2D eigenvalue weighted by Gasteiger charge is -2.35. The molecule has 4 rings (SSSR count). The lowest BCUT2D eigenvalue weighted by Crippen LogP contribution is -2.47. The van der Waals surface area contributed by atoms with E-state index in [1.54, 1.807) is 6.20 Å². The Hall–Kier alpha value is -2.16. The molecule has 0 amide bonds. The zero-order valence-corrected chi connectivity index (χ0v) is 18.1. The van der Waals surface area contributed by atoms with Crippen molar-refractivity contribution in [1.82, 2.24) is 19.4 Å². The summed E-state index contributed by atoms with van der Waals surface area (Å²) >= 11 is 6.48. The molecule has 3 heterocycles. The Morgan fingerprint density at radius 1 is 1.14 bits per heavy atom. The third-order valence-corrected chi connectivity index (χ3v) is 6.57. The van der Waals surface area contributed by atoms with Gasteiger partial charge in [0.15, 0.2) is 0 Å². The van der Waals surface area contributed by atoms with Gasteiger partial charge < -0.3 is 9.47 Å². The van der Waals surface area contributed by atoms with Crippen LogP contribution in [0.1, 0.15) is 0 Å². The zero-order chi connectivity index (χ0) is 20.6. The van der Waals surface area contributed by atoms with E-state index in [9.17, 15) is 8.42 Å². The number of sulfone groups is 1. The van der Waals surface area contributed by atoms with Crippen LogP contribution in [0.25, 0.3) is 22.4 Å². The Labute approximate surface area is 175 Å². The molecular weight excluding hydrogens is 410 g/mol. The number of halogens is 1. The number of anilines is 1. The zero-order valence-electron chi connectivity index (χ0n) is 16.5. The number of aryl methyl sites for hydroxylation is 1. The minimum Gasteiger partial charge on any atom is -0.354 e. The number of fused-ring (bicyclic) bond motifs is 1. The second kappa shape index (κ2) is 7.93. The molecule has 0 bridgehead atoms. The molecule has 1 aliphatic heterocycles. The second-order valence-electron chi connectivity index (χ2n) is 7.46. The fourth-order valence-electron chi connectivity index (χ4n) is 3.65. The van der Waals surface area contributed by atoms with E-state index in [1.807, 2.05) is 41.9 Å². The molecule has 29 heavy (non-hydrogen) atoms. The molecule has 1 saturated heterocycles. The van der Waals surface area contributed by atoms with Gasteiger partial charge in [-0.3, -0.25) is 4.90 Å². The van der Waals surface area contributed by atoms with E-state index >= 15 is 0 Å². The Kier molecular flexibility index (Phi) is 5.50. The van der Waals surface area contributed by atoms with Crippen molar-refractivity contribution in [1.29, 1.82) is 0 Å². The molecule has 0 radical (unpaired) electrons. The van der Waals surface area contributed by atoms with Gasteiger partial charge in [-0.1, -0.05) is 23.7 Å². The first kappa shape index (κ1) is 20.1. The fourth-order valence-corrected chi connectivity index (χ4v) is 4.43. The molecule has 0 atom stereocenters. The molecule has 0 N–H and O–H groups in total. The van der Waals surface area contributed by atoms with Crippen LogP contribution in [0.5, 0.6) is 0 Å². The summed E-state index contributed by atoms with van der Waals surface area (Å²) in [6.07, 6.45) is 2.96. The maximum Gasteiger partial charge on any atom is 0.148 e. The first-order valence-electron chi connectivity index (χ1n) is 9.54. The maximum atomic E-state index is 11.4. The van der Waals surface area contributed by atoms with Gasteiger partial charge in [0.05, 0.1) is 21.8 Å². The molecule has 0 spiro atoms. The lowest BCUT2D eigenvalue weighted by atomic mass is 10.2. The number of hydrogen-bond acceptors (Lipinski definition) is 6. The summed E-state index contributed by atoms with van der Waals surface area (Å²) in [4.78, 5) is 13.7. The van der Waals surface area contributed by atoms with Crippen LogP contribution in [0, 0.1) is 0 Å². The minimum absolute atomic E-state index is 0.197. The number of nitrogens with zero attached hydrogens (tertiary/aromatic N) is 5. The van der Waals surface area contributed by atoms with Gasteiger partial charge >= 0.3 is 0 Å². The SMILES string of the molecule is Cn1c(-c2cc(N3CCN(CCS(C)(=O)=O)CC3)ncc2Cl)nc2ccccc21. The number of aromatic nitrogens is 3. The molecule has 1 aromatic carbocycles. The van der Waals surface area contributed by atoms with Crippen molar-refractivity contribution in [3.05, 3.63) is 41.6 Å². The Morgan fingerprint density at radius 2 is 1.86 bits per heavy atom. The number of rotatable bonds is 5. The summed E-state index contributed by atoms with van der Waals surface area (Å²) in [6, 6.07) is 10.00. The normalized spacial score (nSPS) is 15.9. The third-order valence-electron chi connectivity index (χ3n) is 5.34. The van der Waals surface area contributed by atoms with Gasteiger partial charge in [-0.15, -0.1) is 0 Å². The molecule has 0 unspecified atom stereocenters. The summed E-state index contributed by atoms with van der Waals surface area (Å²) in [5.41, 5.74) is 2.84. The highest BCUT2D eigenvalue weighted by atomic mass is 35.5. The lowest BCUT2D eigenvalue weighted by molar-refractivity contribution is 0.271. The van der Waals surface area contributed by atoms with Crippen LogP contribution in [-0.2, 0) is 16.9 Å².